The van der Waals surface area contributed by atoms with Crippen LogP contribution in [0.25, 0.3) is 0 Å². The van der Waals surface area contributed by atoms with Gasteiger partial charge in [0.2, 0.25) is 10.0 Å². The van der Waals surface area contributed by atoms with E-state index in [4.69, 9.17) is 0 Å². The van der Waals surface area contributed by atoms with Crippen molar-refractivity contribution in [3.8, 4) is 0 Å². The third-order valence-corrected chi connectivity index (χ3v) is 2.94. The Kier molecular flexibility index (Phi) is 4.81. The topological polar surface area (TPSA) is 58.2 Å². The maximum atomic E-state index is 11.2. The summed E-state index contributed by atoms with van der Waals surface area (Å²) >= 11 is 0. The van der Waals surface area contributed by atoms with E-state index in [1.807, 2.05) is 18.2 Å². The molecule has 1 atom stereocenters. The van der Waals surface area contributed by atoms with Crippen LogP contribution in [-0.4, -0.2) is 20.7 Å². The fourth-order valence-electron chi connectivity index (χ4n) is 1.67. The largest absolute Gasteiger partial charge is 0.381 e. The van der Waals surface area contributed by atoms with Gasteiger partial charge in [-0.15, -0.1) is 0 Å². The summed E-state index contributed by atoms with van der Waals surface area (Å²) in [5, 5.41) is 3.31. The molecule has 0 radical (unpaired) electrons. The van der Waals surface area contributed by atoms with Gasteiger partial charge in [0.15, 0.2) is 0 Å². The summed E-state index contributed by atoms with van der Waals surface area (Å²) in [7, 11) is -3.24. The highest BCUT2D eigenvalue weighted by Crippen LogP contribution is 2.23. The lowest BCUT2D eigenvalue weighted by Gasteiger charge is -2.17. The molecule has 0 heterocycles. The Morgan fingerprint density at radius 2 is 1.82 bits per heavy atom. The molecule has 4 nitrogen and oxygen atoms in total. The van der Waals surface area contributed by atoms with E-state index in [-0.39, 0.29) is 0 Å². The van der Waals surface area contributed by atoms with E-state index in [1.54, 1.807) is 6.07 Å². The van der Waals surface area contributed by atoms with Crippen LogP contribution in [0, 0.1) is 0 Å². The highest BCUT2D eigenvalue weighted by Gasteiger charge is 2.08. The second-order valence-electron chi connectivity index (χ2n) is 4.25. The molecule has 2 N–H and O–H groups in total. The van der Waals surface area contributed by atoms with E-state index < -0.39 is 10.0 Å². The molecule has 1 unspecified atom stereocenters. The van der Waals surface area contributed by atoms with Crippen LogP contribution in [0.4, 0.5) is 11.4 Å². The van der Waals surface area contributed by atoms with Gasteiger partial charge in [0, 0.05) is 6.04 Å². The molecule has 5 heteroatoms. The van der Waals surface area contributed by atoms with Crippen molar-refractivity contribution in [2.24, 2.45) is 0 Å². The van der Waals surface area contributed by atoms with Gasteiger partial charge in [-0.3, -0.25) is 4.72 Å². The van der Waals surface area contributed by atoms with Crippen molar-refractivity contribution < 1.29 is 8.42 Å². The van der Waals surface area contributed by atoms with Gasteiger partial charge in [-0.2, -0.15) is 0 Å². The minimum absolute atomic E-state index is 0.322. The van der Waals surface area contributed by atoms with Crippen LogP contribution in [0.1, 0.15) is 26.7 Å². The molecule has 1 aromatic rings. The number of hydrogen-bond acceptors (Lipinski definition) is 3. The molecule has 0 saturated heterocycles. The lowest BCUT2D eigenvalue weighted by molar-refractivity contribution is 0.607. The monoisotopic (exact) mass is 256 g/mol. The third kappa shape index (κ3) is 5.08. The molecule has 0 bridgehead atoms. The summed E-state index contributed by atoms with van der Waals surface area (Å²) in [4.78, 5) is 0. The van der Waals surface area contributed by atoms with Crippen molar-refractivity contribution in [3.63, 3.8) is 0 Å². The molecule has 0 amide bonds. The molecule has 0 saturated carbocycles. The first-order chi connectivity index (χ1) is 7.92. The summed E-state index contributed by atoms with van der Waals surface area (Å²) in [6.07, 6.45) is 3.29. The molecule has 0 aromatic heterocycles. The van der Waals surface area contributed by atoms with Crippen molar-refractivity contribution in [1.82, 2.24) is 0 Å². The quantitative estimate of drug-likeness (QED) is 0.822. The van der Waals surface area contributed by atoms with Crippen LogP contribution in [0.2, 0.25) is 0 Å². The summed E-state index contributed by atoms with van der Waals surface area (Å²) in [6, 6.07) is 7.64. The molecule has 96 valence electrons. The first-order valence-corrected chi connectivity index (χ1v) is 7.65. The second-order valence-corrected chi connectivity index (χ2v) is 6.00. The molecule has 17 heavy (non-hydrogen) atoms. The molecule has 0 aliphatic rings. The number of hydrogen-bond donors (Lipinski definition) is 2. The molecule has 0 fully saturated rings. The summed E-state index contributed by atoms with van der Waals surface area (Å²) in [5.41, 5.74) is 1.41. The van der Waals surface area contributed by atoms with Crippen LogP contribution in [-0.2, 0) is 10.0 Å². The summed E-state index contributed by atoms with van der Waals surface area (Å²) in [5.74, 6) is 0. The predicted octanol–water partition coefficient (Wildman–Crippen LogP) is 2.66. The Morgan fingerprint density at radius 3 is 2.35 bits per heavy atom. The zero-order valence-corrected chi connectivity index (χ0v) is 11.3. The smallest absolute Gasteiger partial charge is 0.229 e. The molecular weight excluding hydrogens is 236 g/mol. The predicted molar refractivity (Wildman–Crippen MR) is 72.9 cm³/mol. The van der Waals surface area contributed by atoms with Gasteiger partial charge in [-0.05, 0) is 25.5 Å². The number of sulfonamides is 1. The maximum absolute atomic E-state index is 11.2. The molecule has 1 aromatic carbocycles. The van der Waals surface area contributed by atoms with Crippen molar-refractivity contribution >= 4 is 21.4 Å². The minimum Gasteiger partial charge on any atom is -0.381 e. The molecule has 0 aliphatic heterocycles. The van der Waals surface area contributed by atoms with Gasteiger partial charge in [-0.25, -0.2) is 8.42 Å². The van der Waals surface area contributed by atoms with Crippen molar-refractivity contribution in [2.45, 2.75) is 32.7 Å². The van der Waals surface area contributed by atoms with Crippen molar-refractivity contribution in [1.29, 1.82) is 0 Å². The van der Waals surface area contributed by atoms with Gasteiger partial charge in [-0.1, -0.05) is 25.5 Å². The van der Waals surface area contributed by atoms with Gasteiger partial charge >= 0.3 is 0 Å². The summed E-state index contributed by atoms with van der Waals surface area (Å²) < 4.78 is 25.0. The highest BCUT2D eigenvalue weighted by atomic mass is 32.2. The molecule has 1 rings (SSSR count). The van der Waals surface area contributed by atoms with Gasteiger partial charge in [0.1, 0.15) is 0 Å². The maximum Gasteiger partial charge on any atom is 0.229 e. The number of para-hydroxylation sites is 2. The van der Waals surface area contributed by atoms with Gasteiger partial charge in [0.25, 0.3) is 0 Å². The van der Waals surface area contributed by atoms with Gasteiger partial charge in [0.05, 0.1) is 17.6 Å². The molecule has 0 aliphatic carbocycles. The molecule has 0 spiro atoms. The van der Waals surface area contributed by atoms with E-state index in [0.717, 1.165) is 24.8 Å². The van der Waals surface area contributed by atoms with E-state index in [2.05, 4.69) is 23.9 Å². The number of rotatable bonds is 6. The Bertz CT molecular complexity index is 457. The van der Waals surface area contributed by atoms with E-state index in [1.165, 1.54) is 0 Å². The lowest BCUT2D eigenvalue weighted by atomic mass is 10.2. The van der Waals surface area contributed by atoms with Crippen LogP contribution < -0.4 is 10.0 Å². The number of benzene rings is 1. The first kappa shape index (κ1) is 13.8. The Morgan fingerprint density at radius 1 is 1.24 bits per heavy atom. The van der Waals surface area contributed by atoms with Crippen LogP contribution in [0.5, 0.6) is 0 Å². The van der Waals surface area contributed by atoms with E-state index in [0.29, 0.717) is 11.7 Å². The standard InChI is InChI=1S/C12H20N2O2S/c1-4-7-10(2)13-11-8-5-6-9-12(11)14-17(3,15)16/h5-6,8-10,13-14H,4,7H2,1-3H3. The Balaban J connectivity index is 2.84. The average Bonchev–Trinajstić information content (AvgIpc) is 2.19. The zero-order chi connectivity index (χ0) is 12.9. The second kappa shape index (κ2) is 5.91. The van der Waals surface area contributed by atoms with Crippen molar-refractivity contribution in [3.05, 3.63) is 24.3 Å². The molecular formula is C12H20N2O2S. The number of anilines is 2. The zero-order valence-electron chi connectivity index (χ0n) is 10.5. The third-order valence-electron chi connectivity index (χ3n) is 2.35. The lowest BCUT2D eigenvalue weighted by Crippen LogP contribution is -2.17. The Labute approximate surface area is 103 Å². The average molecular weight is 256 g/mol. The van der Waals surface area contributed by atoms with E-state index >= 15 is 0 Å². The highest BCUT2D eigenvalue weighted by molar-refractivity contribution is 7.92. The van der Waals surface area contributed by atoms with Crippen LogP contribution in [0.15, 0.2) is 24.3 Å². The van der Waals surface area contributed by atoms with Crippen LogP contribution in [0.3, 0.4) is 0 Å². The van der Waals surface area contributed by atoms with E-state index in [9.17, 15) is 8.42 Å². The first-order valence-electron chi connectivity index (χ1n) is 5.75. The normalized spacial score (nSPS) is 13.1. The summed E-state index contributed by atoms with van der Waals surface area (Å²) in [6.45, 7) is 4.21. The van der Waals surface area contributed by atoms with Gasteiger partial charge < -0.3 is 5.32 Å². The van der Waals surface area contributed by atoms with Crippen molar-refractivity contribution in [2.75, 3.05) is 16.3 Å². The SMILES string of the molecule is CCCC(C)Nc1ccccc1NS(C)(=O)=O. The van der Waals surface area contributed by atoms with Crippen LogP contribution >= 0.6 is 0 Å². The minimum atomic E-state index is -3.24. The fraction of sp³-hybridized carbons (Fsp3) is 0.500. The number of nitrogens with one attached hydrogen (secondary N) is 2. The fourth-order valence-corrected chi connectivity index (χ4v) is 2.25. The Hall–Kier alpha value is -1.23.